The number of hydrogen-bond donors (Lipinski definition) is 3. The van der Waals surface area contributed by atoms with Crippen molar-refractivity contribution in [3.63, 3.8) is 0 Å². The van der Waals surface area contributed by atoms with Crippen molar-refractivity contribution in [2.24, 2.45) is 11.8 Å². The average Bonchev–Trinajstić information content (AvgIpc) is 2.83. The molecule has 1 aliphatic rings. The van der Waals surface area contributed by atoms with Crippen LogP contribution in [-0.2, 0) is 4.79 Å². The van der Waals surface area contributed by atoms with Crippen LogP contribution in [0.25, 0.3) is 0 Å². The van der Waals surface area contributed by atoms with Crippen molar-refractivity contribution in [2.45, 2.75) is 26.1 Å². The van der Waals surface area contributed by atoms with E-state index in [-0.39, 0.29) is 12.2 Å². The molecule has 114 valence electrons. The number of aryl methyl sites for hydroxylation is 1. The first-order valence-electron chi connectivity index (χ1n) is 7.23. The van der Waals surface area contributed by atoms with Crippen molar-refractivity contribution in [2.75, 3.05) is 18.0 Å². The number of carboxylic acid groups (broad SMARTS) is 1. The van der Waals surface area contributed by atoms with Crippen molar-refractivity contribution in [1.29, 1.82) is 0 Å². The summed E-state index contributed by atoms with van der Waals surface area (Å²) in [6, 6.07) is 1.92. The van der Waals surface area contributed by atoms with Gasteiger partial charge in [-0.25, -0.2) is 0 Å². The highest BCUT2D eigenvalue weighted by atomic mass is 16.4. The smallest absolute Gasteiger partial charge is 0.451 e. The molecule has 0 bridgehead atoms. The average molecular weight is 292 g/mol. The summed E-state index contributed by atoms with van der Waals surface area (Å²) in [6.45, 7) is 3.14. The molecule has 0 spiro atoms. The molecule has 1 fully saturated rings. The molecule has 2 heterocycles. The van der Waals surface area contributed by atoms with Crippen molar-refractivity contribution in [3.05, 3.63) is 24.0 Å². The van der Waals surface area contributed by atoms with E-state index in [1.165, 1.54) is 0 Å². The van der Waals surface area contributed by atoms with Crippen LogP contribution in [0.3, 0.4) is 0 Å². The predicted octanol–water partition coefficient (Wildman–Crippen LogP) is 0.780. The summed E-state index contributed by atoms with van der Waals surface area (Å²) in [4.78, 5) is 17.6. The highest BCUT2D eigenvalue weighted by molar-refractivity contribution is 6.40. The highest BCUT2D eigenvalue weighted by Crippen LogP contribution is 2.32. The van der Waals surface area contributed by atoms with Gasteiger partial charge < -0.3 is 20.1 Å². The molecule has 21 heavy (non-hydrogen) atoms. The molecular weight excluding hydrogens is 271 g/mol. The second-order valence-electron chi connectivity index (χ2n) is 5.68. The fraction of sp³-hybridized carbons (Fsp3) is 0.571. The maximum atomic E-state index is 11.4. The topological polar surface area (TPSA) is 93.9 Å². The van der Waals surface area contributed by atoms with Crippen LogP contribution in [0.15, 0.2) is 18.5 Å². The molecule has 2 atom stereocenters. The predicted molar refractivity (Wildman–Crippen MR) is 80.0 cm³/mol. The van der Waals surface area contributed by atoms with Gasteiger partial charge in [0.25, 0.3) is 0 Å². The van der Waals surface area contributed by atoms with Gasteiger partial charge in [0.05, 0.1) is 17.8 Å². The first kappa shape index (κ1) is 15.8. The zero-order valence-electron chi connectivity index (χ0n) is 12.1. The van der Waals surface area contributed by atoms with Gasteiger partial charge in [-0.3, -0.25) is 9.78 Å². The summed E-state index contributed by atoms with van der Waals surface area (Å²) in [6.07, 6.45) is 5.09. The zero-order chi connectivity index (χ0) is 15.4. The van der Waals surface area contributed by atoms with Gasteiger partial charge in [0.15, 0.2) is 0 Å². The first-order valence-corrected chi connectivity index (χ1v) is 7.23. The number of nitrogens with zero attached hydrogens (tertiary/aromatic N) is 2. The van der Waals surface area contributed by atoms with Crippen molar-refractivity contribution < 1.29 is 19.9 Å². The van der Waals surface area contributed by atoms with Crippen molar-refractivity contribution in [3.8, 4) is 0 Å². The van der Waals surface area contributed by atoms with Crippen LogP contribution in [0.5, 0.6) is 0 Å². The molecule has 1 aliphatic heterocycles. The molecule has 6 nitrogen and oxygen atoms in total. The summed E-state index contributed by atoms with van der Waals surface area (Å²) in [5.74, 6) is -1.17. The third-order valence-corrected chi connectivity index (χ3v) is 4.15. The molecule has 0 radical (unpaired) electrons. The minimum absolute atomic E-state index is 0.0286. The maximum Gasteiger partial charge on any atom is 0.451 e. The largest absolute Gasteiger partial charge is 0.481 e. The molecule has 1 aromatic heterocycles. The lowest BCUT2D eigenvalue weighted by Crippen LogP contribution is -2.24. The minimum Gasteiger partial charge on any atom is -0.481 e. The Bertz CT molecular complexity index is 498. The van der Waals surface area contributed by atoms with E-state index in [1.54, 1.807) is 12.4 Å². The molecule has 0 amide bonds. The van der Waals surface area contributed by atoms with E-state index in [0.29, 0.717) is 25.9 Å². The summed E-state index contributed by atoms with van der Waals surface area (Å²) in [5.41, 5.74) is 2.06. The lowest BCUT2D eigenvalue weighted by molar-refractivity contribution is -0.142. The summed E-state index contributed by atoms with van der Waals surface area (Å²) < 4.78 is 0. The van der Waals surface area contributed by atoms with Crippen LogP contribution in [0.1, 0.15) is 18.4 Å². The number of anilines is 1. The van der Waals surface area contributed by atoms with E-state index < -0.39 is 19.0 Å². The quantitative estimate of drug-likeness (QED) is 0.671. The Labute approximate surface area is 124 Å². The van der Waals surface area contributed by atoms with Gasteiger partial charge in [0.2, 0.25) is 0 Å². The first-order chi connectivity index (χ1) is 9.99. The van der Waals surface area contributed by atoms with Gasteiger partial charge in [-0.05, 0) is 37.2 Å². The standard InChI is InChI=1S/C14H21BN2O4/c1-10-4-6-16-7-13(10)17-8-11(3-2-5-15(20)21)12(9-17)14(18)19/h4,6-7,11-12,20-21H,2-3,5,8-9H2,1H3,(H,18,19)/t11?,12-/m1/s1. The Morgan fingerprint density at radius 3 is 2.86 bits per heavy atom. The Balaban J connectivity index is 2.04. The molecular formula is C14H21BN2O4. The molecule has 2 rings (SSSR count). The lowest BCUT2D eigenvalue weighted by atomic mass is 9.80. The van der Waals surface area contributed by atoms with Gasteiger partial charge >= 0.3 is 13.1 Å². The molecule has 0 saturated carbocycles. The summed E-state index contributed by atoms with van der Waals surface area (Å²) >= 11 is 0. The van der Waals surface area contributed by atoms with Gasteiger partial charge in [-0.15, -0.1) is 0 Å². The molecule has 7 heteroatoms. The Morgan fingerprint density at radius 1 is 1.48 bits per heavy atom. The monoisotopic (exact) mass is 292 g/mol. The second kappa shape index (κ2) is 6.91. The van der Waals surface area contributed by atoms with E-state index in [9.17, 15) is 9.90 Å². The number of aliphatic carboxylic acids is 1. The van der Waals surface area contributed by atoms with Crippen LogP contribution in [0, 0.1) is 18.8 Å². The van der Waals surface area contributed by atoms with E-state index in [0.717, 1.165) is 11.3 Å². The number of pyridine rings is 1. The number of aromatic nitrogens is 1. The Morgan fingerprint density at radius 2 is 2.24 bits per heavy atom. The van der Waals surface area contributed by atoms with Gasteiger partial charge in [0.1, 0.15) is 0 Å². The summed E-state index contributed by atoms with van der Waals surface area (Å²) in [7, 11) is -1.31. The molecule has 1 saturated heterocycles. The molecule has 1 unspecified atom stereocenters. The van der Waals surface area contributed by atoms with Gasteiger partial charge in [-0.1, -0.05) is 6.42 Å². The Hall–Kier alpha value is -1.60. The number of hydrogen-bond acceptors (Lipinski definition) is 5. The fourth-order valence-corrected chi connectivity index (χ4v) is 2.99. The molecule has 0 aromatic carbocycles. The maximum absolute atomic E-state index is 11.4. The second-order valence-corrected chi connectivity index (χ2v) is 5.68. The SMILES string of the molecule is Cc1ccncc1N1CC(CCCB(O)O)[C@H](C(=O)O)C1. The number of carboxylic acids is 1. The number of carbonyl (C=O) groups is 1. The third-order valence-electron chi connectivity index (χ3n) is 4.15. The summed E-state index contributed by atoms with van der Waals surface area (Å²) in [5, 5.41) is 27.2. The van der Waals surface area contributed by atoms with E-state index in [2.05, 4.69) is 9.88 Å². The van der Waals surface area contributed by atoms with Crippen LogP contribution >= 0.6 is 0 Å². The third kappa shape index (κ3) is 3.95. The van der Waals surface area contributed by atoms with Gasteiger partial charge in [-0.2, -0.15) is 0 Å². The van der Waals surface area contributed by atoms with E-state index in [1.807, 2.05) is 13.0 Å². The highest BCUT2D eigenvalue weighted by Gasteiger charge is 2.37. The van der Waals surface area contributed by atoms with Crippen LogP contribution in [0.4, 0.5) is 5.69 Å². The van der Waals surface area contributed by atoms with Crippen molar-refractivity contribution in [1.82, 2.24) is 4.98 Å². The zero-order valence-corrected chi connectivity index (χ0v) is 12.1. The van der Waals surface area contributed by atoms with Crippen LogP contribution in [0.2, 0.25) is 6.32 Å². The van der Waals surface area contributed by atoms with E-state index in [4.69, 9.17) is 10.0 Å². The van der Waals surface area contributed by atoms with Crippen molar-refractivity contribution >= 4 is 18.8 Å². The van der Waals surface area contributed by atoms with Crippen LogP contribution < -0.4 is 4.90 Å². The normalized spacial score (nSPS) is 21.6. The van der Waals surface area contributed by atoms with Crippen LogP contribution in [-0.4, -0.2) is 46.3 Å². The molecule has 1 aromatic rings. The lowest BCUT2D eigenvalue weighted by Gasteiger charge is -2.20. The van der Waals surface area contributed by atoms with E-state index >= 15 is 0 Å². The molecule has 0 aliphatic carbocycles. The number of rotatable bonds is 6. The Kier molecular flexibility index (Phi) is 5.19. The minimum atomic E-state index is -1.31. The fourth-order valence-electron chi connectivity index (χ4n) is 2.99. The van der Waals surface area contributed by atoms with Gasteiger partial charge in [0, 0.05) is 19.3 Å². The molecule has 3 N–H and O–H groups in total.